The van der Waals surface area contributed by atoms with Crippen molar-refractivity contribution >= 4 is 11.6 Å². The Labute approximate surface area is 137 Å². The van der Waals surface area contributed by atoms with E-state index in [1.165, 1.54) is 0 Å². The maximum atomic E-state index is 12.4. The SMILES string of the molecule is CCCO[C@H]1C[C@H](CNC(=O)c2ccn3c(C)cc(C)nc23)C1. The highest BCUT2D eigenvalue weighted by atomic mass is 16.5. The van der Waals surface area contributed by atoms with Crippen LogP contribution in [0.5, 0.6) is 0 Å². The average molecular weight is 315 g/mol. The lowest BCUT2D eigenvalue weighted by atomic mass is 9.82. The molecule has 0 spiro atoms. The second-order valence-electron chi connectivity index (χ2n) is 6.50. The Bertz CT molecular complexity index is 702. The Morgan fingerprint density at radius 3 is 2.96 bits per heavy atom. The number of aryl methyl sites for hydroxylation is 2. The van der Waals surface area contributed by atoms with Gasteiger partial charge in [-0.3, -0.25) is 4.79 Å². The molecule has 3 rings (SSSR count). The molecule has 0 radical (unpaired) electrons. The van der Waals surface area contributed by atoms with Gasteiger partial charge in [-0.05, 0) is 51.2 Å². The van der Waals surface area contributed by atoms with Crippen LogP contribution in [0.15, 0.2) is 18.3 Å². The summed E-state index contributed by atoms with van der Waals surface area (Å²) in [5.41, 5.74) is 3.40. The van der Waals surface area contributed by atoms with Crippen LogP contribution in [0.4, 0.5) is 0 Å². The van der Waals surface area contributed by atoms with Crippen molar-refractivity contribution < 1.29 is 9.53 Å². The van der Waals surface area contributed by atoms with Crippen molar-refractivity contribution in [3.8, 4) is 0 Å². The van der Waals surface area contributed by atoms with Crippen LogP contribution in [0, 0.1) is 19.8 Å². The number of fused-ring (bicyclic) bond motifs is 1. The number of ether oxygens (including phenoxy) is 1. The zero-order valence-corrected chi connectivity index (χ0v) is 14.1. The fraction of sp³-hybridized carbons (Fsp3) is 0.556. The van der Waals surface area contributed by atoms with E-state index in [9.17, 15) is 4.79 Å². The summed E-state index contributed by atoms with van der Waals surface area (Å²) in [5, 5.41) is 3.05. The van der Waals surface area contributed by atoms with Gasteiger partial charge in [0.25, 0.3) is 5.91 Å². The van der Waals surface area contributed by atoms with Gasteiger partial charge in [-0.2, -0.15) is 0 Å². The van der Waals surface area contributed by atoms with E-state index in [0.29, 0.717) is 24.1 Å². The molecular weight excluding hydrogens is 290 g/mol. The number of amides is 1. The predicted molar refractivity (Wildman–Crippen MR) is 89.8 cm³/mol. The van der Waals surface area contributed by atoms with E-state index in [1.807, 2.05) is 36.6 Å². The highest BCUT2D eigenvalue weighted by molar-refractivity contribution is 6.00. The molecule has 1 N–H and O–H groups in total. The van der Waals surface area contributed by atoms with Crippen molar-refractivity contribution in [3.63, 3.8) is 0 Å². The van der Waals surface area contributed by atoms with Crippen molar-refractivity contribution in [2.75, 3.05) is 13.2 Å². The van der Waals surface area contributed by atoms with E-state index in [4.69, 9.17) is 4.74 Å². The second kappa shape index (κ2) is 6.71. The molecule has 1 amide bonds. The summed E-state index contributed by atoms with van der Waals surface area (Å²) in [6.07, 6.45) is 5.45. The lowest BCUT2D eigenvalue weighted by Crippen LogP contribution is -2.39. The second-order valence-corrected chi connectivity index (χ2v) is 6.50. The van der Waals surface area contributed by atoms with E-state index in [1.54, 1.807) is 0 Å². The first-order valence-corrected chi connectivity index (χ1v) is 8.43. The number of nitrogens with zero attached hydrogens (tertiary/aromatic N) is 2. The molecule has 5 nitrogen and oxygen atoms in total. The lowest BCUT2D eigenvalue weighted by molar-refractivity contribution is -0.0291. The van der Waals surface area contributed by atoms with Crippen molar-refractivity contribution in [3.05, 3.63) is 35.3 Å². The number of hydrogen-bond acceptors (Lipinski definition) is 3. The standard InChI is InChI=1S/C18H25N3O2/c1-4-7-23-15-9-14(10-15)11-19-18(22)16-5-6-21-13(3)8-12(2)20-17(16)21/h5-6,8,14-15H,4,7,9-11H2,1-3H3,(H,19,22)/t14-,15-. The summed E-state index contributed by atoms with van der Waals surface area (Å²) in [4.78, 5) is 17.0. The van der Waals surface area contributed by atoms with E-state index in [2.05, 4.69) is 17.2 Å². The molecule has 0 unspecified atom stereocenters. The van der Waals surface area contributed by atoms with Gasteiger partial charge in [0, 0.05) is 30.7 Å². The first kappa shape index (κ1) is 16.0. The van der Waals surface area contributed by atoms with Gasteiger partial charge >= 0.3 is 0 Å². The summed E-state index contributed by atoms with van der Waals surface area (Å²) in [5.74, 6) is 0.494. The highest BCUT2D eigenvalue weighted by Crippen LogP contribution is 2.29. The third-order valence-electron chi connectivity index (χ3n) is 4.49. The quantitative estimate of drug-likeness (QED) is 0.892. The number of hydrogen-bond donors (Lipinski definition) is 1. The number of aromatic nitrogens is 2. The third kappa shape index (κ3) is 3.39. The minimum atomic E-state index is -0.0390. The maximum absolute atomic E-state index is 12.4. The van der Waals surface area contributed by atoms with Gasteiger partial charge in [-0.1, -0.05) is 6.92 Å². The van der Waals surface area contributed by atoms with E-state index >= 15 is 0 Å². The van der Waals surface area contributed by atoms with Crippen LogP contribution in [-0.4, -0.2) is 34.5 Å². The molecular formula is C18H25N3O2. The first-order valence-electron chi connectivity index (χ1n) is 8.43. The van der Waals surface area contributed by atoms with Gasteiger partial charge in [0.15, 0.2) is 0 Å². The zero-order valence-electron chi connectivity index (χ0n) is 14.1. The van der Waals surface area contributed by atoms with Crippen molar-refractivity contribution in [2.45, 2.75) is 46.1 Å². The van der Waals surface area contributed by atoms with Crippen LogP contribution in [0.1, 0.15) is 47.9 Å². The summed E-state index contributed by atoms with van der Waals surface area (Å²) in [6.45, 7) is 7.65. The Hall–Kier alpha value is -1.88. The van der Waals surface area contributed by atoms with Crippen molar-refractivity contribution in [2.24, 2.45) is 5.92 Å². The molecule has 5 heteroatoms. The topological polar surface area (TPSA) is 55.6 Å². The normalized spacial score (nSPS) is 20.5. The smallest absolute Gasteiger partial charge is 0.255 e. The summed E-state index contributed by atoms with van der Waals surface area (Å²) in [6, 6.07) is 3.86. The van der Waals surface area contributed by atoms with Gasteiger partial charge in [0.2, 0.25) is 0 Å². The third-order valence-corrected chi connectivity index (χ3v) is 4.49. The molecule has 0 bridgehead atoms. The molecule has 2 heterocycles. The minimum Gasteiger partial charge on any atom is -0.378 e. The molecule has 23 heavy (non-hydrogen) atoms. The Balaban J connectivity index is 1.58. The molecule has 1 aliphatic rings. The van der Waals surface area contributed by atoms with Crippen LogP contribution in [-0.2, 0) is 4.74 Å². The maximum Gasteiger partial charge on any atom is 0.255 e. The molecule has 0 atom stereocenters. The molecule has 1 fully saturated rings. The highest BCUT2D eigenvalue weighted by Gasteiger charge is 2.30. The lowest BCUT2D eigenvalue weighted by Gasteiger charge is -2.35. The molecule has 2 aromatic heterocycles. The largest absolute Gasteiger partial charge is 0.378 e. The fourth-order valence-electron chi connectivity index (χ4n) is 3.17. The zero-order chi connectivity index (χ0) is 16.4. The number of rotatable bonds is 6. The van der Waals surface area contributed by atoms with Crippen LogP contribution in [0.2, 0.25) is 0 Å². The van der Waals surface area contributed by atoms with Gasteiger partial charge < -0.3 is 14.5 Å². The summed E-state index contributed by atoms with van der Waals surface area (Å²) in [7, 11) is 0. The Kier molecular flexibility index (Phi) is 4.66. The van der Waals surface area contributed by atoms with Crippen LogP contribution >= 0.6 is 0 Å². The van der Waals surface area contributed by atoms with Crippen LogP contribution < -0.4 is 5.32 Å². The number of carbonyl (C=O) groups excluding carboxylic acids is 1. The van der Waals surface area contributed by atoms with E-state index in [-0.39, 0.29) is 5.91 Å². The summed E-state index contributed by atoms with van der Waals surface area (Å²) >= 11 is 0. The van der Waals surface area contributed by atoms with E-state index in [0.717, 1.165) is 42.9 Å². The van der Waals surface area contributed by atoms with Gasteiger partial charge in [0.1, 0.15) is 5.65 Å². The van der Waals surface area contributed by atoms with Crippen LogP contribution in [0.25, 0.3) is 5.65 Å². The number of carbonyl (C=O) groups is 1. The molecule has 124 valence electrons. The molecule has 0 aliphatic heterocycles. The van der Waals surface area contributed by atoms with Gasteiger partial charge in [-0.25, -0.2) is 4.98 Å². The Morgan fingerprint density at radius 1 is 1.43 bits per heavy atom. The van der Waals surface area contributed by atoms with Crippen molar-refractivity contribution in [1.29, 1.82) is 0 Å². The fourth-order valence-corrected chi connectivity index (χ4v) is 3.17. The van der Waals surface area contributed by atoms with Gasteiger partial charge in [-0.15, -0.1) is 0 Å². The van der Waals surface area contributed by atoms with Crippen LogP contribution in [0.3, 0.4) is 0 Å². The molecule has 0 saturated heterocycles. The van der Waals surface area contributed by atoms with E-state index < -0.39 is 0 Å². The first-order chi connectivity index (χ1) is 11.1. The monoisotopic (exact) mass is 315 g/mol. The van der Waals surface area contributed by atoms with Crippen molar-refractivity contribution in [1.82, 2.24) is 14.7 Å². The molecule has 1 saturated carbocycles. The Morgan fingerprint density at radius 2 is 2.22 bits per heavy atom. The van der Waals surface area contributed by atoms with Gasteiger partial charge in [0.05, 0.1) is 11.7 Å². The minimum absolute atomic E-state index is 0.0390. The predicted octanol–water partition coefficient (Wildman–Crippen LogP) is 2.89. The summed E-state index contributed by atoms with van der Waals surface area (Å²) < 4.78 is 7.65. The molecule has 2 aromatic rings. The molecule has 0 aromatic carbocycles. The average Bonchev–Trinajstić information content (AvgIpc) is 2.89. The number of nitrogens with one attached hydrogen (secondary N) is 1. The molecule has 1 aliphatic carbocycles.